The van der Waals surface area contributed by atoms with Crippen LogP contribution in [0.25, 0.3) is 33.7 Å². The van der Waals surface area contributed by atoms with Crippen LogP contribution in [0.4, 0.5) is 0 Å². The lowest BCUT2D eigenvalue weighted by atomic mass is 10.0. The van der Waals surface area contributed by atoms with Crippen LogP contribution in [0.15, 0.2) is 34.7 Å². The number of rotatable bonds is 5. The molecule has 0 spiro atoms. The molecule has 6 nitrogen and oxygen atoms in total. The van der Waals surface area contributed by atoms with Gasteiger partial charge >= 0.3 is 0 Å². The predicted octanol–water partition coefficient (Wildman–Crippen LogP) is 4.60. The summed E-state index contributed by atoms with van der Waals surface area (Å²) in [5, 5.41) is 21.3. The van der Waals surface area contributed by atoms with E-state index in [1.165, 1.54) is 30.1 Å². The third kappa shape index (κ3) is 3.47. The van der Waals surface area contributed by atoms with Crippen molar-refractivity contribution in [3.8, 4) is 22.1 Å². The van der Waals surface area contributed by atoms with Crippen LogP contribution < -0.4 is 5.43 Å². The Morgan fingerprint density at radius 3 is 2.59 bits per heavy atom. The standard InChI is InChI=1S/C22H22N2O4S/c1-3-15-18(4-2)29-22(23-15)14-12-28-21-13(11-24-8-6-5-7-9-24)16(25)10-17(26)19(21)20(14)27/h3-4,10,12,25-26H,1-2,5-9,11H2. The predicted molar refractivity (Wildman–Crippen MR) is 116 cm³/mol. The molecule has 7 heteroatoms. The molecule has 1 fully saturated rings. The van der Waals surface area contributed by atoms with Crippen LogP contribution in [0.1, 0.15) is 35.4 Å². The van der Waals surface area contributed by atoms with E-state index in [1.54, 1.807) is 12.2 Å². The molecule has 0 aliphatic carbocycles. The number of likely N-dealkylation sites (tertiary alicyclic amines) is 1. The van der Waals surface area contributed by atoms with E-state index in [1.807, 2.05) is 0 Å². The van der Waals surface area contributed by atoms with Gasteiger partial charge in [0.05, 0.1) is 21.7 Å². The molecule has 4 rings (SSSR count). The number of nitrogens with zero attached hydrogens (tertiary/aromatic N) is 2. The first-order valence-electron chi connectivity index (χ1n) is 9.51. The van der Waals surface area contributed by atoms with Crippen LogP contribution in [-0.4, -0.2) is 33.2 Å². The maximum atomic E-state index is 13.2. The minimum Gasteiger partial charge on any atom is -0.507 e. The summed E-state index contributed by atoms with van der Waals surface area (Å²) in [5.41, 5.74) is 1.24. The molecule has 0 bridgehead atoms. The van der Waals surface area contributed by atoms with E-state index in [9.17, 15) is 15.0 Å². The van der Waals surface area contributed by atoms with Crippen molar-refractivity contribution in [3.05, 3.63) is 51.8 Å². The zero-order chi connectivity index (χ0) is 20.5. The summed E-state index contributed by atoms with van der Waals surface area (Å²) in [4.78, 5) is 20.7. The van der Waals surface area contributed by atoms with Crippen molar-refractivity contribution in [2.75, 3.05) is 13.1 Å². The van der Waals surface area contributed by atoms with E-state index in [0.29, 0.717) is 22.8 Å². The number of aromatic nitrogens is 1. The van der Waals surface area contributed by atoms with Gasteiger partial charge in [0, 0.05) is 12.6 Å². The maximum absolute atomic E-state index is 13.2. The largest absolute Gasteiger partial charge is 0.507 e. The Kier molecular flexibility index (Phi) is 5.25. The zero-order valence-corrected chi connectivity index (χ0v) is 16.8. The van der Waals surface area contributed by atoms with Gasteiger partial charge in [-0.3, -0.25) is 9.69 Å². The van der Waals surface area contributed by atoms with E-state index < -0.39 is 0 Å². The number of benzene rings is 1. The van der Waals surface area contributed by atoms with Crippen LogP contribution >= 0.6 is 11.3 Å². The summed E-state index contributed by atoms with van der Waals surface area (Å²) < 4.78 is 5.80. The third-order valence-corrected chi connectivity index (χ3v) is 6.33. The van der Waals surface area contributed by atoms with Gasteiger partial charge in [-0.15, -0.1) is 11.3 Å². The molecular weight excluding hydrogens is 388 g/mol. The minimum absolute atomic E-state index is 0.0582. The molecule has 0 amide bonds. The molecular formula is C22H22N2O4S. The van der Waals surface area contributed by atoms with Crippen molar-refractivity contribution in [1.29, 1.82) is 0 Å². The van der Waals surface area contributed by atoms with E-state index in [4.69, 9.17) is 4.42 Å². The number of hydrogen-bond acceptors (Lipinski definition) is 7. The molecule has 1 aliphatic heterocycles. The van der Waals surface area contributed by atoms with Gasteiger partial charge in [-0.2, -0.15) is 0 Å². The fraction of sp³-hybridized carbons (Fsp3) is 0.273. The van der Waals surface area contributed by atoms with Gasteiger partial charge in [-0.05, 0) is 38.1 Å². The van der Waals surface area contributed by atoms with Crippen LogP contribution in [0.3, 0.4) is 0 Å². The second-order valence-electron chi connectivity index (χ2n) is 7.09. The lowest BCUT2D eigenvalue weighted by Gasteiger charge is -2.26. The summed E-state index contributed by atoms with van der Waals surface area (Å²) in [5.74, 6) is -0.381. The number of aromatic hydroxyl groups is 2. The highest BCUT2D eigenvalue weighted by Gasteiger charge is 2.23. The van der Waals surface area contributed by atoms with Crippen molar-refractivity contribution in [2.45, 2.75) is 25.8 Å². The fourth-order valence-electron chi connectivity index (χ4n) is 3.72. The summed E-state index contributed by atoms with van der Waals surface area (Å²) in [7, 11) is 0. The molecule has 0 atom stereocenters. The maximum Gasteiger partial charge on any atom is 0.206 e. The summed E-state index contributed by atoms with van der Waals surface area (Å²) in [6, 6.07) is 1.22. The van der Waals surface area contributed by atoms with Crippen LogP contribution in [0.2, 0.25) is 0 Å². The van der Waals surface area contributed by atoms with E-state index in [0.717, 1.165) is 30.8 Å². The molecule has 3 heterocycles. The highest BCUT2D eigenvalue weighted by molar-refractivity contribution is 7.16. The SMILES string of the molecule is C=Cc1nc(-c2coc3c(CN4CCCCC4)c(O)cc(O)c3c2=O)sc1C=C. The van der Waals surface area contributed by atoms with Gasteiger partial charge in [0.25, 0.3) is 0 Å². The third-order valence-electron chi connectivity index (χ3n) is 5.23. The number of fused-ring (bicyclic) bond motifs is 1. The molecule has 0 saturated carbocycles. The van der Waals surface area contributed by atoms with Crippen molar-refractivity contribution in [2.24, 2.45) is 0 Å². The normalized spacial score (nSPS) is 14.9. The lowest BCUT2D eigenvalue weighted by molar-refractivity contribution is 0.218. The van der Waals surface area contributed by atoms with E-state index >= 15 is 0 Å². The molecule has 2 aromatic heterocycles. The van der Waals surface area contributed by atoms with Crippen molar-refractivity contribution < 1.29 is 14.6 Å². The van der Waals surface area contributed by atoms with Crippen LogP contribution in [-0.2, 0) is 6.54 Å². The number of phenols is 2. The molecule has 29 heavy (non-hydrogen) atoms. The average Bonchev–Trinajstić information content (AvgIpc) is 3.14. The number of hydrogen-bond donors (Lipinski definition) is 2. The van der Waals surface area contributed by atoms with Crippen LogP contribution in [0, 0.1) is 0 Å². The van der Waals surface area contributed by atoms with E-state index in [2.05, 4.69) is 23.0 Å². The molecule has 1 aromatic carbocycles. The molecule has 1 aliphatic rings. The zero-order valence-electron chi connectivity index (χ0n) is 16.0. The Labute approximate surface area is 172 Å². The molecule has 0 unspecified atom stereocenters. The van der Waals surface area contributed by atoms with Gasteiger partial charge in [-0.25, -0.2) is 4.98 Å². The Morgan fingerprint density at radius 1 is 1.17 bits per heavy atom. The summed E-state index contributed by atoms with van der Waals surface area (Å²) in [6.07, 6.45) is 8.02. The van der Waals surface area contributed by atoms with Gasteiger partial charge < -0.3 is 14.6 Å². The second kappa shape index (κ2) is 7.85. The first kappa shape index (κ1) is 19.4. The fourth-order valence-corrected chi connectivity index (χ4v) is 4.64. The quantitative estimate of drug-likeness (QED) is 0.639. The first-order chi connectivity index (χ1) is 14.0. The summed E-state index contributed by atoms with van der Waals surface area (Å²) in [6.45, 7) is 9.81. The minimum atomic E-state index is -0.386. The highest BCUT2D eigenvalue weighted by Crippen LogP contribution is 2.36. The number of piperidine rings is 1. The Hall–Kier alpha value is -2.90. The number of thiazole rings is 1. The molecule has 0 radical (unpaired) electrons. The van der Waals surface area contributed by atoms with Gasteiger partial charge in [0.15, 0.2) is 0 Å². The van der Waals surface area contributed by atoms with Crippen LogP contribution in [0.5, 0.6) is 11.5 Å². The molecule has 3 aromatic rings. The molecule has 1 saturated heterocycles. The first-order valence-corrected chi connectivity index (χ1v) is 10.3. The van der Waals surface area contributed by atoms with Crippen molar-refractivity contribution in [1.82, 2.24) is 9.88 Å². The van der Waals surface area contributed by atoms with Gasteiger partial charge in [0.1, 0.15) is 33.7 Å². The van der Waals surface area contributed by atoms with Gasteiger partial charge in [0.2, 0.25) is 5.43 Å². The topological polar surface area (TPSA) is 86.8 Å². The second-order valence-corrected chi connectivity index (χ2v) is 8.12. The molecule has 2 N–H and O–H groups in total. The Balaban J connectivity index is 1.86. The Bertz CT molecular complexity index is 1130. The monoisotopic (exact) mass is 410 g/mol. The van der Waals surface area contributed by atoms with Crippen molar-refractivity contribution in [3.63, 3.8) is 0 Å². The lowest BCUT2D eigenvalue weighted by Crippen LogP contribution is -2.29. The highest BCUT2D eigenvalue weighted by atomic mass is 32.1. The smallest absolute Gasteiger partial charge is 0.206 e. The average molecular weight is 410 g/mol. The van der Waals surface area contributed by atoms with E-state index in [-0.39, 0.29) is 33.5 Å². The van der Waals surface area contributed by atoms with Crippen molar-refractivity contribution >= 4 is 34.5 Å². The Morgan fingerprint density at radius 2 is 1.93 bits per heavy atom. The van der Waals surface area contributed by atoms with Gasteiger partial charge in [-0.1, -0.05) is 19.6 Å². The number of phenolic OH excluding ortho intramolecular Hbond substituents is 2. The molecule has 150 valence electrons. The summed E-state index contributed by atoms with van der Waals surface area (Å²) >= 11 is 1.30.